The average molecular weight is 341 g/mol. The largest absolute Gasteiger partial charge is 0.351 e. The lowest BCUT2D eigenvalue weighted by Gasteiger charge is -2.11. The first-order valence-corrected chi connectivity index (χ1v) is 8.16. The van der Waals surface area contributed by atoms with Gasteiger partial charge in [-0.3, -0.25) is 9.59 Å². The maximum atomic E-state index is 12.2. The third kappa shape index (κ3) is 3.88. The monoisotopic (exact) mass is 341 g/mol. The lowest BCUT2D eigenvalue weighted by atomic mass is 10.2. The maximum absolute atomic E-state index is 12.2. The van der Waals surface area contributed by atoms with Crippen molar-refractivity contribution in [3.05, 3.63) is 64.2 Å². The molecule has 2 amide bonds. The summed E-state index contributed by atoms with van der Waals surface area (Å²) in [5.41, 5.74) is 1.65. The summed E-state index contributed by atoms with van der Waals surface area (Å²) in [5, 5.41) is 11.2. The van der Waals surface area contributed by atoms with Gasteiger partial charge in [-0.15, -0.1) is 11.3 Å². The van der Waals surface area contributed by atoms with Crippen LogP contribution in [0.2, 0.25) is 0 Å². The fourth-order valence-electron chi connectivity index (χ4n) is 2.12. The van der Waals surface area contributed by atoms with E-state index in [1.165, 1.54) is 11.3 Å². The molecule has 0 aliphatic carbocycles. The Bertz CT molecular complexity index is 856. The summed E-state index contributed by atoms with van der Waals surface area (Å²) in [6.45, 7) is 1.74. The van der Waals surface area contributed by atoms with Gasteiger partial charge in [0.25, 0.3) is 5.91 Å². The van der Waals surface area contributed by atoms with Gasteiger partial charge >= 0.3 is 0 Å². The topological polar surface area (TPSA) is 84.2 Å². The molecule has 7 heteroatoms. The van der Waals surface area contributed by atoms with Gasteiger partial charge in [0, 0.05) is 10.9 Å². The van der Waals surface area contributed by atoms with Gasteiger partial charge in [0.15, 0.2) is 0 Å². The molecule has 24 heavy (non-hydrogen) atoms. The van der Waals surface area contributed by atoms with Crippen molar-refractivity contribution in [1.29, 1.82) is 0 Å². The second-order valence-corrected chi connectivity index (χ2v) is 6.17. The van der Waals surface area contributed by atoms with Gasteiger partial charge in [-0.05, 0) is 30.5 Å². The van der Waals surface area contributed by atoms with Crippen molar-refractivity contribution in [3.63, 3.8) is 0 Å². The average Bonchev–Trinajstić information content (AvgIpc) is 3.21. The van der Waals surface area contributed by atoms with Crippen LogP contribution >= 0.6 is 11.3 Å². The van der Waals surface area contributed by atoms with Crippen LogP contribution < -0.4 is 10.6 Å². The molecular formula is C17H15N3O3S. The Morgan fingerprint density at radius 2 is 1.88 bits per heavy atom. The van der Waals surface area contributed by atoms with Gasteiger partial charge in [0.05, 0.1) is 23.5 Å². The molecule has 0 spiro atoms. The molecule has 122 valence electrons. The van der Waals surface area contributed by atoms with E-state index in [-0.39, 0.29) is 11.7 Å². The van der Waals surface area contributed by atoms with E-state index in [0.29, 0.717) is 23.5 Å². The molecule has 6 nitrogen and oxygen atoms in total. The number of rotatable bonds is 5. The minimum Gasteiger partial charge on any atom is -0.351 e. The highest BCUT2D eigenvalue weighted by molar-refractivity contribution is 7.10. The Balaban J connectivity index is 1.70. The number of aromatic nitrogens is 1. The van der Waals surface area contributed by atoms with Crippen molar-refractivity contribution in [3.8, 4) is 0 Å². The van der Waals surface area contributed by atoms with Crippen molar-refractivity contribution in [2.24, 2.45) is 0 Å². The van der Waals surface area contributed by atoms with Crippen LogP contribution in [0.5, 0.6) is 0 Å². The third-order valence-corrected chi connectivity index (χ3v) is 4.09. The van der Waals surface area contributed by atoms with Crippen LogP contribution in [0.15, 0.2) is 52.4 Å². The molecule has 0 unspecified atom stereocenters. The van der Waals surface area contributed by atoms with Crippen LogP contribution in [0, 0.1) is 6.92 Å². The molecule has 3 aromatic rings. The highest BCUT2D eigenvalue weighted by Gasteiger charge is 2.14. The molecule has 0 aliphatic rings. The van der Waals surface area contributed by atoms with Crippen LogP contribution in [-0.4, -0.2) is 17.0 Å². The normalized spacial score (nSPS) is 10.4. The molecule has 0 atom stereocenters. The number of para-hydroxylation sites is 2. The quantitative estimate of drug-likeness (QED) is 0.744. The SMILES string of the molecule is Cc1cc(C(=O)Nc2ccccc2NC(=O)Cc2cccs2)on1. The molecule has 0 aliphatic heterocycles. The van der Waals surface area contributed by atoms with Gasteiger partial charge in [-0.2, -0.15) is 0 Å². The predicted octanol–water partition coefficient (Wildman–Crippen LogP) is 3.48. The minimum atomic E-state index is -0.421. The summed E-state index contributed by atoms with van der Waals surface area (Å²) in [6, 6.07) is 12.4. The molecule has 0 radical (unpaired) electrons. The van der Waals surface area contributed by atoms with E-state index in [4.69, 9.17) is 4.52 Å². The molecule has 0 saturated carbocycles. The van der Waals surface area contributed by atoms with Gasteiger partial charge in [-0.1, -0.05) is 23.4 Å². The van der Waals surface area contributed by atoms with Gasteiger partial charge in [0.2, 0.25) is 11.7 Å². The Morgan fingerprint density at radius 3 is 2.50 bits per heavy atom. The van der Waals surface area contributed by atoms with Crippen LogP contribution in [0.3, 0.4) is 0 Å². The first-order chi connectivity index (χ1) is 11.6. The zero-order valence-electron chi connectivity index (χ0n) is 12.9. The van der Waals surface area contributed by atoms with Crippen LogP contribution in [-0.2, 0) is 11.2 Å². The Kier molecular flexibility index (Phi) is 4.72. The number of hydrogen-bond donors (Lipinski definition) is 2. The summed E-state index contributed by atoms with van der Waals surface area (Å²) in [4.78, 5) is 25.3. The number of anilines is 2. The molecule has 2 heterocycles. The van der Waals surface area contributed by atoms with Crippen LogP contribution in [0.4, 0.5) is 11.4 Å². The summed E-state index contributed by atoms with van der Waals surface area (Å²) < 4.78 is 4.94. The summed E-state index contributed by atoms with van der Waals surface area (Å²) in [6.07, 6.45) is 0.293. The van der Waals surface area contributed by atoms with Gasteiger partial charge < -0.3 is 15.2 Å². The van der Waals surface area contributed by atoms with Gasteiger partial charge in [0.1, 0.15) is 0 Å². The van der Waals surface area contributed by atoms with Crippen molar-refractivity contribution in [1.82, 2.24) is 5.16 Å². The highest BCUT2D eigenvalue weighted by atomic mass is 32.1. The second-order valence-electron chi connectivity index (χ2n) is 5.14. The number of carbonyl (C=O) groups is 2. The van der Waals surface area contributed by atoms with E-state index < -0.39 is 5.91 Å². The van der Waals surface area contributed by atoms with E-state index in [0.717, 1.165) is 4.88 Å². The van der Waals surface area contributed by atoms with E-state index in [9.17, 15) is 9.59 Å². The number of aryl methyl sites for hydroxylation is 1. The molecule has 2 aromatic heterocycles. The van der Waals surface area contributed by atoms with E-state index >= 15 is 0 Å². The highest BCUT2D eigenvalue weighted by Crippen LogP contribution is 2.22. The molecule has 0 saturated heterocycles. The molecule has 3 rings (SSSR count). The molecule has 0 fully saturated rings. The fraction of sp³-hybridized carbons (Fsp3) is 0.118. The van der Waals surface area contributed by atoms with E-state index in [1.54, 1.807) is 37.3 Å². The second kappa shape index (κ2) is 7.10. The van der Waals surface area contributed by atoms with Crippen molar-refractivity contribution < 1.29 is 14.1 Å². The van der Waals surface area contributed by atoms with Crippen molar-refractivity contribution in [2.75, 3.05) is 10.6 Å². The molecular weight excluding hydrogens is 326 g/mol. The van der Waals surface area contributed by atoms with E-state index in [1.807, 2.05) is 17.5 Å². The smallest absolute Gasteiger partial charge is 0.294 e. The van der Waals surface area contributed by atoms with Crippen molar-refractivity contribution >= 4 is 34.5 Å². The van der Waals surface area contributed by atoms with E-state index in [2.05, 4.69) is 15.8 Å². The summed E-state index contributed by atoms with van der Waals surface area (Å²) in [5.74, 6) is -0.447. The predicted molar refractivity (Wildman–Crippen MR) is 92.3 cm³/mol. The number of thiophene rings is 1. The standard InChI is InChI=1S/C17H15N3O3S/c1-11-9-15(23-20-11)17(22)19-14-7-3-2-6-13(14)18-16(21)10-12-5-4-8-24-12/h2-9H,10H2,1H3,(H,18,21)(H,19,22). The number of nitrogens with zero attached hydrogens (tertiary/aromatic N) is 1. The zero-order chi connectivity index (χ0) is 16.9. The third-order valence-electron chi connectivity index (χ3n) is 3.22. The first kappa shape index (κ1) is 15.9. The minimum absolute atomic E-state index is 0.118. The van der Waals surface area contributed by atoms with Crippen LogP contribution in [0.25, 0.3) is 0 Å². The number of benzene rings is 1. The Morgan fingerprint density at radius 1 is 1.12 bits per heavy atom. The first-order valence-electron chi connectivity index (χ1n) is 7.28. The Hall–Kier alpha value is -2.93. The molecule has 1 aromatic carbocycles. The maximum Gasteiger partial charge on any atom is 0.294 e. The number of hydrogen-bond acceptors (Lipinski definition) is 5. The van der Waals surface area contributed by atoms with Crippen LogP contribution in [0.1, 0.15) is 21.1 Å². The number of amides is 2. The number of nitrogens with one attached hydrogen (secondary N) is 2. The molecule has 0 bridgehead atoms. The van der Waals surface area contributed by atoms with Crippen molar-refractivity contribution in [2.45, 2.75) is 13.3 Å². The van der Waals surface area contributed by atoms with Gasteiger partial charge in [-0.25, -0.2) is 0 Å². The molecule has 2 N–H and O–H groups in total. The Labute approximate surface area is 142 Å². The zero-order valence-corrected chi connectivity index (χ0v) is 13.7. The fourth-order valence-corrected chi connectivity index (χ4v) is 2.82. The lowest BCUT2D eigenvalue weighted by Crippen LogP contribution is -2.17. The number of carbonyl (C=O) groups excluding carboxylic acids is 2. The lowest BCUT2D eigenvalue weighted by molar-refractivity contribution is -0.115. The summed E-state index contributed by atoms with van der Waals surface area (Å²) >= 11 is 1.53. The summed E-state index contributed by atoms with van der Waals surface area (Å²) in [7, 11) is 0.